The Kier molecular flexibility index (Phi) is 6.06. The number of aryl methyl sites for hydroxylation is 3. The normalized spacial score (nSPS) is 10.9. The molecule has 2 rings (SSSR count). The van der Waals surface area contributed by atoms with Gasteiger partial charge in [0.2, 0.25) is 5.91 Å². The SMILES string of the molecule is CCCCCNC(=O)Cc1c(C)nn(-c2nc(C)cc(C)n2)c1C. The average Bonchev–Trinajstić information content (AvgIpc) is 2.79. The standard InChI is InChI=1S/C18H27N5O/c1-6-7-8-9-19-17(24)11-16-14(4)22-23(15(16)5)18-20-12(2)10-13(3)21-18/h10H,6-9,11H2,1-5H3,(H,19,24). The van der Waals surface area contributed by atoms with E-state index in [-0.39, 0.29) is 5.91 Å². The van der Waals surface area contributed by atoms with Crippen molar-refractivity contribution in [3.8, 4) is 5.95 Å². The van der Waals surface area contributed by atoms with Gasteiger partial charge in [0.05, 0.1) is 12.1 Å². The van der Waals surface area contributed by atoms with Gasteiger partial charge in [0.1, 0.15) is 0 Å². The van der Waals surface area contributed by atoms with Crippen molar-refractivity contribution >= 4 is 5.91 Å². The molecule has 0 aromatic carbocycles. The van der Waals surface area contributed by atoms with Crippen LogP contribution < -0.4 is 5.32 Å². The Morgan fingerprint density at radius 1 is 1.12 bits per heavy atom. The van der Waals surface area contributed by atoms with Gasteiger partial charge < -0.3 is 5.32 Å². The number of nitrogens with one attached hydrogen (secondary N) is 1. The summed E-state index contributed by atoms with van der Waals surface area (Å²) in [6.07, 6.45) is 3.65. The third-order valence-corrected chi connectivity index (χ3v) is 4.04. The Bertz CT molecular complexity index is 700. The molecule has 0 bridgehead atoms. The van der Waals surface area contributed by atoms with Gasteiger partial charge >= 0.3 is 0 Å². The van der Waals surface area contributed by atoms with Crippen LogP contribution in [0, 0.1) is 27.7 Å². The van der Waals surface area contributed by atoms with Crippen molar-refractivity contribution in [3.63, 3.8) is 0 Å². The molecule has 0 radical (unpaired) electrons. The Morgan fingerprint density at radius 3 is 2.42 bits per heavy atom. The maximum Gasteiger partial charge on any atom is 0.251 e. The van der Waals surface area contributed by atoms with E-state index in [0.29, 0.717) is 12.4 Å². The lowest BCUT2D eigenvalue weighted by atomic mass is 10.1. The summed E-state index contributed by atoms with van der Waals surface area (Å²) in [5, 5.41) is 7.52. The van der Waals surface area contributed by atoms with Crippen molar-refractivity contribution in [3.05, 3.63) is 34.4 Å². The highest BCUT2D eigenvalue weighted by Crippen LogP contribution is 2.17. The van der Waals surface area contributed by atoms with Crippen molar-refractivity contribution in [2.45, 2.75) is 60.3 Å². The van der Waals surface area contributed by atoms with Crippen molar-refractivity contribution in [2.24, 2.45) is 0 Å². The van der Waals surface area contributed by atoms with E-state index in [4.69, 9.17) is 0 Å². The van der Waals surface area contributed by atoms with E-state index < -0.39 is 0 Å². The van der Waals surface area contributed by atoms with E-state index >= 15 is 0 Å². The number of hydrogen-bond donors (Lipinski definition) is 1. The monoisotopic (exact) mass is 329 g/mol. The first kappa shape index (κ1) is 18.1. The Labute approximate surface area is 143 Å². The van der Waals surface area contributed by atoms with E-state index in [1.807, 2.05) is 33.8 Å². The Balaban J connectivity index is 2.15. The summed E-state index contributed by atoms with van der Waals surface area (Å²) in [6, 6.07) is 1.93. The molecule has 0 saturated carbocycles. The first-order valence-electron chi connectivity index (χ1n) is 8.56. The van der Waals surface area contributed by atoms with Crippen LogP contribution in [0.2, 0.25) is 0 Å². The minimum absolute atomic E-state index is 0.0400. The van der Waals surface area contributed by atoms with Gasteiger partial charge in [-0.25, -0.2) is 14.6 Å². The molecule has 6 heteroatoms. The summed E-state index contributed by atoms with van der Waals surface area (Å²) in [4.78, 5) is 21.1. The topological polar surface area (TPSA) is 72.7 Å². The molecule has 0 unspecified atom stereocenters. The zero-order chi connectivity index (χ0) is 17.7. The molecule has 0 aliphatic rings. The first-order chi connectivity index (χ1) is 11.4. The molecule has 2 aromatic rings. The number of rotatable bonds is 7. The number of nitrogens with zero attached hydrogens (tertiary/aromatic N) is 4. The Morgan fingerprint density at radius 2 is 1.79 bits per heavy atom. The van der Waals surface area contributed by atoms with Crippen LogP contribution in [0.5, 0.6) is 0 Å². The fourth-order valence-corrected chi connectivity index (χ4v) is 2.75. The molecule has 2 aromatic heterocycles. The fraction of sp³-hybridized carbons (Fsp3) is 0.556. The number of carbonyl (C=O) groups excluding carboxylic acids is 1. The van der Waals surface area contributed by atoms with Crippen molar-refractivity contribution in [1.82, 2.24) is 25.1 Å². The minimum atomic E-state index is 0.0400. The summed E-state index contributed by atoms with van der Waals surface area (Å²) in [7, 11) is 0. The molecular formula is C18H27N5O. The van der Waals surface area contributed by atoms with Crippen LogP contribution in [-0.4, -0.2) is 32.2 Å². The van der Waals surface area contributed by atoms with Crippen molar-refractivity contribution in [2.75, 3.05) is 6.54 Å². The second-order valence-corrected chi connectivity index (χ2v) is 6.25. The highest BCUT2D eigenvalue weighted by Gasteiger charge is 2.17. The van der Waals surface area contributed by atoms with Crippen LogP contribution in [0.4, 0.5) is 0 Å². The average molecular weight is 329 g/mol. The summed E-state index contributed by atoms with van der Waals surface area (Å²) in [5.41, 5.74) is 4.52. The number of unbranched alkanes of at least 4 members (excludes halogenated alkanes) is 2. The minimum Gasteiger partial charge on any atom is -0.356 e. The summed E-state index contributed by atoms with van der Waals surface area (Å²) in [6.45, 7) is 10.6. The molecule has 0 fully saturated rings. The smallest absolute Gasteiger partial charge is 0.251 e. The van der Waals surface area contributed by atoms with Gasteiger partial charge in [-0.15, -0.1) is 0 Å². The third-order valence-electron chi connectivity index (χ3n) is 4.04. The number of hydrogen-bond acceptors (Lipinski definition) is 4. The van der Waals surface area contributed by atoms with E-state index in [2.05, 4.69) is 27.3 Å². The van der Waals surface area contributed by atoms with Gasteiger partial charge in [-0.3, -0.25) is 4.79 Å². The largest absolute Gasteiger partial charge is 0.356 e. The zero-order valence-corrected chi connectivity index (χ0v) is 15.3. The van der Waals surface area contributed by atoms with Gasteiger partial charge in [0.25, 0.3) is 5.95 Å². The quantitative estimate of drug-likeness (QED) is 0.793. The van der Waals surface area contributed by atoms with Crippen LogP contribution in [0.25, 0.3) is 5.95 Å². The van der Waals surface area contributed by atoms with Crippen LogP contribution in [0.15, 0.2) is 6.07 Å². The fourth-order valence-electron chi connectivity index (χ4n) is 2.75. The van der Waals surface area contributed by atoms with Gasteiger partial charge in [-0.1, -0.05) is 19.8 Å². The number of carbonyl (C=O) groups is 1. The number of amides is 1. The predicted octanol–water partition coefficient (Wildman–Crippen LogP) is 2.74. The molecule has 0 atom stereocenters. The summed E-state index contributed by atoms with van der Waals surface area (Å²) in [5.74, 6) is 0.598. The first-order valence-corrected chi connectivity index (χ1v) is 8.56. The lowest BCUT2D eigenvalue weighted by Gasteiger charge is -2.07. The zero-order valence-electron chi connectivity index (χ0n) is 15.3. The maximum absolute atomic E-state index is 12.2. The van der Waals surface area contributed by atoms with Crippen molar-refractivity contribution in [1.29, 1.82) is 0 Å². The molecular weight excluding hydrogens is 302 g/mol. The third kappa shape index (κ3) is 4.40. The predicted molar refractivity (Wildman–Crippen MR) is 94.3 cm³/mol. The van der Waals surface area contributed by atoms with E-state index in [1.54, 1.807) is 4.68 Å². The maximum atomic E-state index is 12.2. The second kappa shape index (κ2) is 8.04. The van der Waals surface area contributed by atoms with E-state index in [1.165, 1.54) is 0 Å². The van der Waals surface area contributed by atoms with Gasteiger partial charge in [0.15, 0.2) is 0 Å². The molecule has 0 aliphatic heterocycles. The van der Waals surface area contributed by atoms with Gasteiger partial charge in [0, 0.05) is 29.2 Å². The lowest BCUT2D eigenvalue weighted by molar-refractivity contribution is -0.120. The van der Waals surface area contributed by atoms with E-state index in [9.17, 15) is 4.79 Å². The lowest BCUT2D eigenvalue weighted by Crippen LogP contribution is -2.26. The van der Waals surface area contributed by atoms with Crippen LogP contribution in [-0.2, 0) is 11.2 Å². The van der Waals surface area contributed by atoms with Crippen LogP contribution in [0.1, 0.15) is 54.5 Å². The van der Waals surface area contributed by atoms with Crippen LogP contribution >= 0.6 is 0 Å². The molecule has 1 amide bonds. The molecule has 24 heavy (non-hydrogen) atoms. The molecule has 0 aliphatic carbocycles. The molecule has 0 saturated heterocycles. The van der Waals surface area contributed by atoms with Crippen LogP contribution in [0.3, 0.4) is 0 Å². The van der Waals surface area contributed by atoms with E-state index in [0.717, 1.165) is 54.1 Å². The molecule has 0 spiro atoms. The molecule has 2 heterocycles. The highest BCUT2D eigenvalue weighted by molar-refractivity contribution is 5.79. The molecule has 130 valence electrons. The molecule has 1 N–H and O–H groups in total. The Hall–Kier alpha value is -2.24. The molecule has 6 nitrogen and oxygen atoms in total. The second-order valence-electron chi connectivity index (χ2n) is 6.25. The summed E-state index contributed by atoms with van der Waals surface area (Å²) >= 11 is 0. The van der Waals surface area contributed by atoms with Gasteiger partial charge in [-0.2, -0.15) is 5.10 Å². The van der Waals surface area contributed by atoms with Crippen molar-refractivity contribution < 1.29 is 4.79 Å². The highest BCUT2D eigenvalue weighted by atomic mass is 16.1. The van der Waals surface area contributed by atoms with Gasteiger partial charge in [-0.05, 0) is 40.2 Å². The number of aromatic nitrogens is 4. The summed E-state index contributed by atoms with van der Waals surface area (Å²) < 4.78 is 1.73.